The highest BCUT2D eigenvalue weighted by atomic mass is 16.5. The Hall–Kier alpha value is -1.40. The van der Waals surface area contributed by atoms with Crippen LogP contribution in [0.5, 0.6) is 0 Å². The van der Waals surface area contributed by atoms with Gasteiger partial charge in [-0.25, -0.2) is 0 Å². The summed E-state index contributed by atoms with van der Waals surface area (Å²) in [7, 11) is 0. The fraction of sp³-hybridized carbons (Fsp3) is 0.810. The van der Waals surface area contributed by atoms with Gasteiger partial charge >= 0.3 is 0 Å². The van der Waals surface area contributed by atoms with Crippen LogP contribution in [0.1, 0.15) is 56.9 Å². The molecule has 4 rings (SSSR count). The zero-order chi connectivity index (χ0) is 18.6. The van der Waals surface area contributed by atoms with E-state index < -0.39 is 0 Å². The molecule has 0 bridgehead atoms. The molecular formula is C21H34N4O2. The number of nitrogens with zero attached hydrogens (tertiary/aromatic N) is 4. The molecule has 0 N–H and O–H groups in total. The number of carbonyl (C=O) groups is 1. The summed E-state index contributed by atoms with van der Waals surface area (Å²) < 4.78 is 5.45. The zero-order valence-corrected chi connectivity index (χ0v) is 16.7. The summed E-state index contributed by atoms with van der Waals surface area (Å²) in [6.07, 6.45) is 7.94. The summed E-state index contributed by atoms with van der Waals surface area (Å²) in [5, 5.41) is 4.10. The molecule has 3 aliphatic heterocycles. The third-order valence-corrected chi connectivity index (χ3v) is 6.64. The number of likely N-dealkylation sites (tertiary alicyclic amines) is 3. The van der Waals surface area contributed by atoms with E-state index in [1.165, 1.54) is 32.1 Å². The minimum Gasteiger partial charge on any atom is -0.360 e. The number of hydrogen-bond acceptors (Lipinski definition) is 5. The number of rotatable bonds is 5. The summed E-state index contributed by atoms with van der Waals surface area (Å²) in [4.78, 5) is 20.0. The molecular weight excluding hydrogens is 340 g/mol. The second-order valence-corrected chi connectivity index (χ2v) is 8.51. The molecule has 1 aromatic rings. The van der Waals surface area contributed by atoms with E-state index in [1.54, 1.807) is 0 Å². The van der Waals surface area contributed by atoms with E-state index in [0.717, 1.165) is 70.1 Å². The van der Waals surface area contributed by atoms with Crippen molar-refractivity contribution in [2.24, 2.45) is 5.92 Å². The highest BCUT2D eigenvalue weighted by Crippen LogP contribution is 2.26. The van der Waals surface area contributed by atoms with Crippen LogP contribution in [-0.4, -0.2) is 71.1 Å². The first-order valence-electron chi connectivity index (χ1n) is 10.9. The van der Waals surface area contributed by atoms with Crippen LogP contribution >= 0.6 is 0 Å². The molecule has 3 aliphatic rings. The van der Waals surface area contributed by atoms with Gasteiger partial charge in [0.2, 0.25) is 5.91 Å². The van der Waals surface area contributed by atoms with Crippen molar-refractivity contribution < 1.29 is 9.32 Å². The van der Waals surface area contributed by atoms with Crippen molar-refractivity contribution in [2.45, 2.75) is 64.5 Å². The molecule has 150 valence electrons. The summed E-state index contributed by atoms with van der Waals surface area (Å²) in [5.74, 6) is 1.64. The van der Waals surface area contributed by atoms with Gasteiger partial charge in [-0.2, -0.15) is 0 Å². The predicted molar refractivity (Wildman–Crippen MR) is 104 cm³/mol. The van der Waals surface area contributed by atoms with Crippen molar-refractivity contribution in [2.75, 3.05) is 39.3 Å². The van der Waals surface area contributed by atoms with Gasteiger partial charge in [0.25, 0.3) is 0 Å². The van der Waals surface area contributed by atoms with Crippen molar-refractivity contribution in [3.8, 4) is 0 Å². The average molecular weight is 375 g/mol. The van der Waals surface area contributed by atoms with Crippen molar-refractivity contribution in [1.82, 2.24) is 19.9 Å². The van der Waals surface area contributed by atoms with E-state index in [9.17, 15) is 4.79 Å². The second-order valence-electron chi connectivity index (χ2n) is 8.51. The first-order valence-corrected chi connectivity index (χ1v) is 10.9. The van der Waals surface area contributed by atoms with Crippen molar-refractivity contribution in [1.29, 1.82) is 0 Å². The first kappa shape index (κ1) is 18.9. The lowest BCUT2D eigenvalue weighted by molar-refractivity contribution is -0.136. The Bertz CT molecular complexity index is 617. The van der Waals surface area contributed by atoms with Gasteiger partial charge in [0.15, 0.2) is 5.76 Å². The molecule has 0 radical (unpaired) electrons. The van der Waals surface area contributed by atoms with Crippen LogP contribution < -0.4 is 0 Å². The van der Waals surface area contributed by atoms with Crippen LogP contribution in [0.4, 0.5) is 0 Å². The molecule has 4 heterocycles. The maximum atomic E-state index is 12.8. The summed E-state index contributed by atoms with van der Waals surface area (Å²) in [5.41, 5.74) is 1.04. The van der Waals surface area contributed by atoms with Crippen molar-refractivity contribution >= 4 is 5.91 Å². The van der Waals surface area contributed by atoms with Crippen LogP contribution in [0.3, 0.4) is 0 Å². The molecule has 6 heteroatoms. The maximum absolute atomic E-state index is 12.8. The van der Waals surface area contributed by atoms with Crippen LogP contribution in [0.2, 0.25) is 0 Å². The quantitative estimate of drug-likeness (QED) is 0.793. The Kier molecular flexibility index (Phi) is 6.13. The molecule has 0 saturated carbocycles. The monoisotopic (exact) mass is 374 g/mol. The van der Waals surface area contributed by atoms with Gasteiger partial charge in [-0.15, -0.1) is 0 Å². The number of piperidine rings is 2. The molecule has 1 atom stereocenters. The van der Waals surface area contributed by atoms with Gasteiger partial charge in [-0.3, -0.25) is 14.6 Å². The molecule has 0 aromatic carbocycles. The molecule has 1 aromatic heterocycles. The van der Waals surface area contributed by atoms with Crippen LogP contribution in [0.25, 0.3) is 0 Å². The van der Waals surface area contributed by atoms with Gasteiger partial charge in [-0.1, -0.05) is 12.1 Å². The molecule has 6 nitrogen and oxygen atoms in total. The molecule has 0 unspecified atom stereocenters. The lowest BCUT2D eigenvalue weighted by Gasteiger charge is -2.42. The highest BCUT2D eigenvalue weighted by molar-refractivity contribution is 5.79. The summed E-state index contributed by atoms with van der Waals surface area (Å²) in [6.45, 7) is 9.29. The molecule has 0 spiro atoms. The fourth-order valence-electron chi connectivity index (χ4n) is 5.00. The lowest BCUT2D eigenvalue weighted by atomic mass is 9.93. The topological polar surface area (TPSA) is 52.8 Å². The maximum Gasteiger partial charge on any atom is 0.226 e. The fourth-order valence-corrected chi connectivity index (χ4v) is 5.00. The molecule has 3 saturated heterocycles. The first-order chi connectivity index (χ1) is 13.2. The van der Waals surface area contributed by atoms with E-state index in [1.807, 2.05) is 0 Å². The minimum absolute atomic E-state index is 0.233. The van der Waals surface area contributed by atoms with E-state index >= 15 is 0 Å². The Morgan fingerprint density at radius 1 is 1.11 bits per heavy atom. The van der Waals surface area contributed by atoms with Gasteiger partial charge in [0, 0.05) is 44.8 Å². The van der Waals surface area contributed by atoms with E-state index in [0.29, 0.717) is 11.9 Å². The lowest BCUT2D eigenvalue weighted by Crippen LogP contribution is -2.50. The Labute approximate surface area is 162 Å². The van der Waals surface area contributed by atoms with Gasteiger partial charge in [-0.05, 0) is 51.5 Å². The van der Waals surface area contributed by atoms with Gasteiger partial charge < -0.3 is 9.42 Å². The number of hydrogen-bond donors (Lipinski definition) is 0. The Balaban J connectivity index is 1.25. The molecule has 1 amide bonds. The van der Waals surface area contributed by atoms with Gasteiger partial charge in [0.1, 0.15) is 0 Å². The summed E-state index contributed by atoms with van der Waals surface area (Å²) >= 11 is 0. The second kappa shape index (κ2) is 8.74. The van der Waals surface area contributed by atoms with Crippen molar-refractivity contribution in [3.05, 3.63) is 17.5 Å². The standard InChI is InChI=1S/C21H34N4O2/c1-2-18-14-20(27-22-18)16-23-12-7-19(8-13-23)25-11-5-6-17(15-25)21(26)24-9-3-4-10-24/h14,17,19H,2-13,15-16H2,1H3/t17-/m1/s1. The summed E-state index contributed by atoms with van der Waals surface area (Å²) in [6, 6.07) is 2.72. The largest absolute Gasteiger partial charge is 0.360 e. The highest BCUT2D eigenvalue weighted by Gasteiger charge is 2.34. The third kappa shape index (κ3) is 4.54. The molecule has 0 aliphatic carbocycles. The predicted octanol–water partition coefficient (Wildman–Crippen LogP) is 2.54. The third-order valence-electron chi connectivity index (χ3n) is 6.64. The van der Waals surface area contributed by atoms with Crippen LogP contribution in [-0.2, 0) is 17.8 Å². The molecule has 27 heavy (non-hydrogen) atoms. The Morgan fingerprint density at radius 2 is 1.89 bits per heavy atom. The zero-order valence-electron chi connectivity index (χ0n) is 16.7. The smallest absolute Gasteiger partial charge is 0.226 e. The van der Waals surface area contributed by atoms with E-state index in [4.69, 9.17) is 4.52 Å². The van der Waals surface area contributed by atoms with Crippen LogP contribution in [0.15, 0.2) is 10.6 Å². The number of aryl methyl sites for hydroxylation is 1. The van der Waals surface area contributed by atoms with E-state index in [-0.39, 0.29) is 5.92 Å². The minimum atomic E-state index is 0.233. The normalized spacial score (nSPS) is 26.0. The number of carbonyl (C=O) groups excluding carboxylic acids is 1. The number of aromatic nitrogens is 1. The van der Waals surface area contributed by atoms with E-state index in [2.05, 4.69) is 32.8 Å². The van der Waals surface area contributed by atoms with Crippen LogP contribution in [0, 0.1) is 5.92 Å². The molecule has 3 fully saturated rings. The van der Waals surface area contributed by atoms with Gasteiger partial charge in [0.05, 0.1) is 18.2 Å². The van der Waals surface area contributed by atoms with Crippen molar-refractivity contribution in [3.63, 3.8) is 0 Å². The SMILES string of the molecule is CCc1cc(CN2CCC(N3CCC[C@@H](C(=O)N4CCCC4)C3)CC2)on1. The average Bonchev–Trinajstić information content (AvgIpc) is 3.40. The Morgan fingerprint density at radius 3 is 2.59 bits per heavy atom. The number of amides is 1.